The van der Waals surface area contributed by atoms with E-state index in [4.69, 9.17) is 5.73 Å². The molecule has 2 rings (SSSR count). The second-order valence-electron chi connectivity index (χ2n) is 6.88. The minimum absolute atomic E-state index is 0.0358. The molecular formula is C14H22F3N3O2. The summed E-state index contributed by atoms with van der Waals surface area (Å²) in [6.45, 7) is 4.74. The molecule has 0 bridgehead atoms. The number of nitrogens with one attached hydrogen (secondary N) is 1. The smallest absolute Gasteiger partial charge is 0.344 e. The summed E-state index contributed by atoms with van der Waals surface area (Å²) in [5.74, 6) is -2.24. The lowest BCUT2D eigenvalue weighted by Gasteiger charge is -2.44. The van der Waals surface area contributed by atoms with Crippen LogP contribution in [0.2, 0.25) is 0 Å². The van der Waals surface area contributed by atoms with Gasteiger partial charge in [0.2, 0.25) is 11.8 Å². The summed E-state index contributed by atoms with van der Waals surface area (Å²) in [6, 6.07) is -1.89. The van der Waals surface area contributed by atoms with Gasteiger partial charge in [-0.25, -0.2) is 0 Å². The highest BCUT2D eigenvalue weighted by Gasteiger charge is 2.47. The van der Waals surface area contributed by atoms with Gasteiger partial charge in [-0.15, -0.1) is 0 Å². The number of carbonyl (C=O) groups excluding carboxylic acids is 2. The molecule has 0 spiro atoms. The van der Waals surface area contributed by atoms with E-state index in [2.05, 4.69) is 0 Å². The molecule has 0 aromatic rings. The Labute approximate surface area is 127 Å². The van der Waals surface area contributed by atoms with Crippen LogP contribution < -0.4 is 11.1 Å². The molecule has 126 valence electrons. The number of nitrogens with two attached hydrogens (primary N) is 1. The van der Waals surface area contributed by atoms with Gasteiger partial charge in [-0.05, 0) is 24.7 Å². The number of alkyl halides is 3. The van der Waals surface area contributed by atoms with Gasteiger partial charge < -0.3 is 16.0 Å². The Morgan fingerprint density at radius 1 is 1.32 bits per heavy atom. The van der Waals surface area contributed by atoms with Crippen LogP contribution in [0.4, 0.5) is 13.2 Å². The van der Waals surface area contributed by atoms with Gasteiger partial charge in [0.25, 0.3) is 0 Å². The summed E-state index contributed by atoms with van der Waals surface area (Å²) in [5.41, 5.74) is 5.73. The summed E-state index contributed by atoms with van der Waals surface area (Å²) in [7, 11) is 0. The van der Waals surface area contributed by atoms with Gasteiger partial charge in [0.15, 0.2) is 0 Å². The third-order valence-electron chi connectivity index (χ3n) is 4.69. The molecule has 2 amide bonds. The van der Waals surface area contributed by atoms with Gasteiger partial charge in [-0.3, -0.25) is 9.59 Å². The molecule has 0 aromatic heterocycles. The van der Waals surface area contributed by atoms with Crippen LogP contribution >= 0.6 is 0 Å². The van der Waals surface area contributed by atoms with Gasteiger partial charge in [0, 0.05) is 19.1 Å². The van der Waals surface area contributed by atoms with Crippen LogP contribution in [-0.4, -0.2) is 48.1 Å². The Hall–Kier alpha value is -1.31. The number of carbonyl (C=O) groups is 2. The molecule has 2 aliphatic heterocycles. The van der Waals surface area contributed by atoms with Gasteiger partial charge >= 0.3 is 6.18 Å². The van der Waals surface area contributed by atoms with Crippen LogP contribution in [0.15, 0.2) is 0 Å². The molecule has 0 aliphatic carbocycles. The number of rotatable bonds is 1. The van der Waals surface area contributed by atoms with Crippen molar-refractivity contribution in [2.45, 2.75) is 51.4 Å². The Morgan fingerprint density at radius 2 is 1.95 bits per heavy atom. The molecule has 3 atom stereocenters. The van der Waals surface area contributed by atoms with Crippen molar-refractivity contribution in [1.82, 2.24) is 10.2 Å². The van der Waals surface area contributed by atoms with Gasteiger partial charge in [0.1, 0.15) is 12.0 Å². The minimum Gasteiger partial charge on any atom is -0.344 e. The number of nitrogens with zero attached hydrogens (tertiary/aromatic N) is 1. The van der Waals surface area contributed by atoms with Crippen LogP contribution in [0.5, 0.6) is 0 Å². The fourth-order valence-corrected chi connectivity index (χ4v) is 3.07. The SMILES string of the molecule is CC1(C)CN(C(=O)C2CCC(C(F)(F)F)NC2=O)CCC1N. The zero-order valence-electron chi connectivity index (χ0n) is 12.7. The third-order valence-corrected chi connectivity index (χ3v) is 4.69. The maximum absolute atomic E-state index is 12.6. The van der Waals surface area contributed by atoms with Gasteiger partial charge in [-0.2, -0.15) is 13.2 Å². The molecule has 2 aliphatic rings. The van der Waals surface area contributed by atoms with Crippen molar-refractivity contribution in [3.8, 4) is 0 Å². The summed E-state index contributed by atoms with van der Waals surface area (Å²) in [4.78, 5) is 25.9. The second-order valence-corrected chi connectivity index (χ2v) is 6.88. The predicted molar refractivity (Wildman–Crippen MR) is 73.7 cm³/mol. The average Bonchev–Trinajstić information content (AvgIpc) is 2.40. The molecule has 2 fully saturated rings. The van der Waals surface area contributed by atoms with Crippen LogP contribution in [-0.2, 0) is 9.59 Å². The van der Waals surface area contributed by atoms with Crippen LogP contribution in [0.1, 0.15) is 33.1 Å². The summed E-state index contributed by atoms with van der Waals surface area (Å²) >= 11 is 0. The second kappa shape index (κ2) is 5.72. The third kappa shape index (κ3) is 3.37. The van der Waals surface area contributed by atoms with E-state index in [-0.39, 0.29) is 24.3 Å². The van der Waals surface area contributed by atoms with Crippen LogP contribution in [0.25, 0.3) is 0 Å². The van der Waals surface area contributed by atoms with Crippen molar-refractivity contribution in [3.05, 3.63) is 0 Å². The lowest BCUT2D eigenvalue weighted by atomic mass is 9.79. The summed E-state index contributed by atoms with van der Waals surface area (Å²) < 4.78 is 37.9. The number of halogens is 3. The molecule has 0 saturated carbocycles. The van der Waals surface area contributed by atoms with E-state index in [1.807, 2.05) is 19.2 Å². The average molecular weight is 321 g/mol. The molecule has 3 N–H and O–H groups in total. The minimum atomic E-state index is -4.47. The van der Waals surface area contributed by atoms with Gasteiger partial charge in [-0.1, -0.05) is 13.8 Å². The van der Waals surface area contributed by atoms with Crippen molar-refractivity contribution in [2.75, 3.05) is 13.1 Å². The first-order chi connectivity index (χ1) is 10.0. The molecule has 5 nitrogen and oxygen atoms in total. The van der Waals surface area contributed by atoms with Crippen molar-refractivity contribution < 1.29 is 22.8 Å². The Kier molecular flexibility index (Phi) is 4.43. The molecule has 0 radical (unpaired) electrons. The van der Waals surface area contributed by atoms with E-state index in [0.29, 0.717) is 19.5 Å². The maximum Gasteiger partial charge on any atom is 0.408 e. The molecule has 2 saturated heterocycles. The van der Waals surface area contributed by atoms with Gasteiger partial charge in [0.05, 0.1) is 0 Å². The first-order valence-corrected chi connectivity index (χ1v) is 7.44. The Bertz CT molecular complexity index is 465. The molecule has 3 unspecified atom stereocenters. The normalized spacial score (nSPS) is 32.5. The zero-order chi connectivity index (χ0) is 16.7. The highest BCUT2D eigenvalue weighted by molar-refractivity contribution is 6.01. The quantitative estimate of drug-likeness (QED) is 0.708. The van der Waals surface area contributed by atoms with Crippen molar-refractivity contribution in [2.24, 2.45) is 17.1 Å². The largest absolute Gasteiger partial charge is 0.408 e. The predicted octanol–water partition coefficient (Wildman–Crippen LogP) is 1.03. The van der Waals surface area contributed by atoms with E-state index in [0.717, 1.165) is 0 Å². The molecule has 0 aromatic carbocycles. The molecule has 2 heterocycles. The molecule has 22 heavy (non-hydrogen) atoms. The molecule has 8 heteroatoms. The fourth-order valence-electron chi connectivity index (χ4n) is 3.07. The van der Waals surface area contributed by atoms with E-state index in [1.165, 1.54) is 0 Å². The van der Waals surface area contributed by atoms with E-state index in [1.54, 1.807) is 4.90 Å². The van der Waals surface area contributed by atoms with E-state index in [9.17, 15) is 22.8 Å². The highest BCUT2D eigenvalue weighted by atomic mass is 19.4. The number of hydrogen-bond acceptors (Lipinski definition) is 3. The first kappa shape index (κ1) is 17.1. The lowest BCUT2D eigenvalue weighted by molar-refractivity contribution is -0.173. The monoisotopic (exact) mass is 321 g/mol. The van der Waals surface area contributed by atoms with Crippen LogP contribution in [0.3, 0.4) is 0 Å². The Morgan fingerprint density at radius 3 is 2.45 bits per heavy atom. The van der Waals surface area contributed by atoms with Crippen LogP contribution in [0, 0.1) is 11.3 Å². The van der Waals surface area contributed by atoms with Crippen molar-refractivity contribution in [1.29, 1.82) is 0 Å². The van der Waals surface area contributed by atoms with Crippen molar-refractivity contribution in [3.63, 3.8) is 0 Å². The first-order valence-electron chi connectivity index (χ1n) is 7.44. The highest BCUT2D eigenvalue weighted by Crippen LogP contribution is 2.32. The van der Waals surface area contributed by atoms with E-state index >= 15 is 0 Å². The number of hydrogen-bond donors (Lipinski definition) is 2. The van der Waals surface area contributed by atoms with Crippen molar-refractivity contribution >= 4 is 11.8 Å². The summed E-state index contributed by atoms with van der Waals surface area (Å²) in [6.07, 6.45) is -4.18. The molecular weight excluding hydrogens is 299 g/mol. The topological polar surface area (TPSA) is 75.4 Å². The summed E-state index contributed by atoms with van der Waals surface area (Å²) in [5, 5.41) is 1.92. The number of amides is 2. The lowest BCUT2D eigenvalue weighted by Crippen LogP contribution is -2.59. The number of piperidine rings is 2. The Balaban J connectivity index is 2.01. The standard InChI is InChI=1S/C14H22F3N3O2/c1-13(2)7-20(6-5-9(13)18)12(22)8-3-4-10(14(15,16)17)19-11(8)21/h8-10H,3-7,18H2,1-2H3,(H,19,21). The number of likely N-dealkylation sites (tertiary alicyclic amines) is 1. The fraction of sp³-hybridized carbons (Fsp3) is 0.857. The maximum atomic E-state index is 12.6. The zero-order valence-corrected chi connectivity index (χ0v) is 12.7. The van der Waals surface area contributed by atoms with E-state index < -0.39 is 30.0 Å².